The number of nitrogens with zero attached hydrogens (tertiary/aromatic N) is 9. The number of non-ortho nitro benzene ring substituents is 1. The van der Waals surface area contributed by atoms with Crippen molar-refractivity contribution in [1.82, 2.24) is 39.0 Å². The number of nitrogens with two attached hydrogens (primary N) is 1. The summed E-state index contributed by atoms with van der Waals surface area (Å²) in [5.74, 6) is 0.651. The van der Waals surface area contributed by atoms with Crippen LogP contribution in [0.5, 0.6) is 5.75 Å². The largest absolute Gasteiger partial charge is 0.514 e. The van der Waals surface area contributed by atoms with Crippen LogP contribution >= 0.6 is 31.5 Å². The molecule has 0 spiro atoms. The Morgan fingerprint density at radius 2 is 1.26 bits per heavy atom. The van der Waals surface area contributed by atoms with E-state index in [0.29, 0.717) is 22.3 Å². The van der Waals surface area contributed by atoms with E-state index >= 15 is 0 Å². The van der Waals surface area contributed by atoms with Gasteiger partial charge in [-0.15, -0.1) is 0 Å². The molecule has 2 aliphatic carbocycles. The van der Waals surface area contributed by atoms with Crippen LogP contribution in [0.4, 0.5) is 26.9 Å². The minimum Gasteiger partial charge on any atom is -0.442 e. The highest BCUT2D eigenvalue weighted by molar-refractivity contribution is 7.89. The number of aliphatic hydroxyl groups is 2. The molecule has 5 aromatic rings. The van der Waals surface area contributed by atoms with E-state index in [4.69, 9.17) is 47.5 Å². The van der Waals surface area contributed by atoms with Crippen LogP contribution in [-0.2, 0) is 37.0 Å². The van der Waals surface area contributed by atoms with E-state index in [1.807, 2.05) is 24.3 Å². The van der Waals surface area contributed by atoms with Crippen molar-refractivity contribution in [2.75, 3.05) is 24.3 Å². The summed E-state index contributed by atoms with van der Waals surface area (Å²) in [6.07, 6.45) is 15.1. The molecule has 12 atom stereocenters. The molecule has 0 radical (unpaired) electrons. The van der Waals surface area contributed by atoms with Gasteiger partial charge in [0.25, 0.3) is 20.1 Å². The van der Waals surface area contributed by atoms with Crippen molar-refractivity contribution < 1.29 is 76.3 Å². The van der Waals surface area contributed by atoms with Crippen molar-refractivity contribution in [3.05, 3.63) is 84.0 Å². The van der Waals surface area contributed by atoms with Crippen molar-refractivity contribution in [3.8, 4) is 5.75 Å². The van der Waals surface area contributed by atoms with Gasteiger partial charge in [0.15, 0.2) is 40.9 Å². The number of hydrogen-bond donors (Lipinski definition) is 6. The zero-order chi connectivity index (χ0) is 53.6. The number of aromatic nitrogens is 8. The van der Waals surface area contributed by atoms with Gasteiger partial charge in [0.1, 0.15) is 72.8 Å². The van der Waals surface area contributed by atoms with E-state index in [1.165, 1.54) is 54.1 Å². The number of fused-ring (bicyclic) bond motifs is 4. The molecule has 76 heavy (non-hydrogen) atoms. The van der Waals surface area contributed by atoms with Gasteiger partial charge in [0, 0.05) is 12.1 Å². The predicted molar refractivity (Wildman–Crippen MR) is 274 cm³/mol. The van der Waals surface area contributed by atoms with E-state index in [0.717, 1.165) is 64.2 Å². The Kier molecular flexibility index (Phi) is 17.9. The highest BCUT2D eigenvalue weighted by Crippen LogP contribution is 2.58. The Labute approximate surface area is 436 Å². The lowest BCUT2D eigenvalue weighted by Gasteiger charge is -2.31. The zero-order valence-corrected chi connectivity index (χ0v) is 44.1. The number of anilines is 2. The molecule has 11 rings (SSSR count). The van der Waals surface area contributed by atoms with Gasteiger partial charge in [-0.3, -0.25) is 24.6 Å². The molecule has 8 heterocycles. The predicted octanol–water partition coefficient (Wildman–Crippen LogP) is 6.64. The number of hydrogen-bond acceptors (Lipinski definition) is 22. The second-order valence-corrected chi connectivity index (χ2v) is 24.4. The van der Waals surface area contributed by atoms with E-state index in [2.05, 4.69) is 52.3 Å². The first kappa shape index (κ1) is 55.4. The van der Waals surface area contributed by atoms with Crippen LogP contribution in [-0.4, -0.2) is 138 Å². The van der Waals surface area contributed by atoms with Gasteiger partial charge in [-0.1, -0.05) is 25.0 Å². The fourth-order valence-corrected chi connectivity index (χ4v) is 12.1. The SMILES string of the molecule is Nc1ncnc2c1ncn2[C@@H]1O[C@@H]2COP(O)(=P)OC2[C@@H]1O.O=C(Nc1ncnc2c1ncn2[C@@H]1O[C@@H]2COP(O)(=P)OC2[C@@H]1O)OC1/C=C/CCCCC1.O=C(Oc1ccc([N+](=O)[O-])cc1)OC1/C=C/CCCCC1. The quantitative estimate of drug-likeness (QED) is 0.0248. The van der Waals surface area contributed by atoms with Gasteiger partial charge in [-0.05, 0) is 92.7 Å². The molecule has 0 bridgehead atoms. The molecule has 6 aliphatic rings. The van der Waals surface area contributed by atoms with Crippen LogP contribution in [0.1, 0.15) is 76.7 Å². The van der Waals surface area contributed by atoms with E-state index < -0.39 is 80.7 Å². The monoisotopic (exact) mass is 1130 g/mol. The molecule has 6 unspecified atom stereocenters. The number of nitro benzene ring substituents is 1. The lowest BCUT2D eigenvalue weighted by Crippen LogP contribution is -2.38. The number of nitrogen functional groups attached to an aromatic ring is 1. The molecule has 32 heteroatoms. The maximum Gasteiger partial charge on any atom is 0.514 e. The summed E-state index contributed by atoms with van der Waals surface area (Å²) in [5.41, 5.74) is 7.22. The second kappa shape index (κ2) is 24.5. The average molecular weight is 1130 g/mol. The Morgan fingerprint density at radius 1 is 0.737 bits per heavy atom. The number of rotatable bonds is 7. The molecule has 0 saturated carbocycles. The Balaban J connectivity index is 0.000000145. The van der Waals surface area contributed by atoms with Crippen molar-refractivity contribution in [2.24, 2.45) is 0 Å². The molecule has 4 saturated heterocycles. The third-order valence-electron chi connectivity index (χ3n) is 12.7. The van der Waals surface area contributed by atoms with Crippen molar-refractivity contribution >= 4 is 83.4 Å². The first-order valence-corrected chi connectivity index (χ1v) is 30.0. The summed E-state index contributed by atoms with van der Waals surface area (Å²) in [6, 6.07) is 5.29. The number of allylic oxidation sites excluding steroid dienone is 2. The molecule has 7 N–H and O–H groups in total. The third-order valence-corrected chi connectivity index (χ3v) is 16.1. The number of amides is 1. The van der Waals surface area contributed by atoms with E-state index in [-0.39, 0.29) is 48.5 Å². The van der Waals surface area contributed by atoms with Crippen molar-refractivity contribution in [1.29, 1.82) is 0 Å². The normalized spacial score (nSPS) is 31.9. The molecule has 28 nitrogen and oxygen atoms in total. The lowest BCUT2D eigenvalue weighted by molar-refractivity contribution is -0.384. The number of imidazole rings is 2. The molecule has 4 aliphatic heterocycles. The minimum absolute atomic E-state index is 0.0568. The summed E-state index contributed by atoms with van der Waals surface area (Å²) >= 11 is 0. The zero-order valence-electron chi connectivity index (χ0n) is 40.3. The molecule has 4 fully saturated rings. The number of carbonyl (C=O) groups is 2. The van der Waals surface area contributed by atoms with Crippen molar-refractivity contribution in [2.45, 2.75) is 125 Å². The smallest absolute Gasteiger partial charge is 0.442 e. The van der Waals surface area contributed by atoms with Crippen LogP contribution in [0, 0.1) is 10.1 Å². The number of aliphatic hydroxyl groups excluding tert-OH is 2. The van der Waals surface area contributed by atoms with Crippen LogP contribution < -0.4 is 15.8 Å². The highest BCUT2D eigenvalue weighted by Gasteiger charge is 2.52. The van der Waals surface area contributed by atoms with E-state index in [9.17, 15) is 39.7 Å². The van der Waals surface area contributed by atoms with Gasteiger partial charge >= 0.3 is 12.2 Å². The van der Waals surface area contributed by atoms with Gasteiger partial charge < -0.3 is 67.5 Å². The number of ether oxygens (including phenoxy) is 5. The third kappa shape index (κ3) is 13.5. The number of carbonyl (C=O) groups excluding carboxylic acids is 2. The van der Waals surface area contributed by atoms with Crippen LogP contribution in [0.2, 0.25) is 0 Å². The molecule has 1 amide bonds. The maximum atomic E-state index is 12.5. The summed E-state index contributed by atoms with van der Waals surface area (Å²) in [7, 11) is -0.213. The highest BCUT2D eigenvalue weighted by atomic mass is 31.8. The number of nitro groups is 1. The maximum absolute atomic E-state index is 12.5. The van der Waals surface area contributed by atoms with Gasteiger partial charge in [0.2, 0.25) is 0 Å². The first-order valence-electron chi connectivity index (χ1n) is 24.1. The Hall–Kier alpha value is -5.40. The topological polar surface area (TPSA) is 367 Å². The fraction of sp³-hybridized carbons (Fsp3) is 0.500. The first-order chi connectivity index (χ1) is 36.5. The standard InChI is InChI=1S/C19H25N5O7P2.C15H17NO5.C10H13N5O5P2/c25-14-15-12(8-28-33(27,32)31-15)30-18(14)24-10-22-13-16(20-9-21-17(13)24)23-19(26)29-11-6-4-2-1-3-5-7-11;17-15(20-13-6-4-2-1-3-5-7-13)21-14-10-8-12(9-11-14)16(18)19;11-8-5-9(13-2-12-8)15(3-14-5)10-6(16)7-4(19-10)1-18-22(17,21)20-7/h4,6,9-12,14-15,18,25,27,32H,1-3,5,7-8H2,(H,20,21,23,26);4,6,8-11,13H,1-3,5,7H2;2-4,6-7,10,16-17,21H,1H2,(H2,11,12,13)/b2*6-4+;/t11?,12-,14+,15?,18-,33?;;4-,6+,7?,10-,22?/m1.1/s1. The molecule has 408 valence electrons. The van der Waals surface area contributed by atoms with Crippen LogP contribution in [0.15, 0.2) is 73.9 Å². The van der Waals surface area contributed by atoms with Gasteiger partial charge in [-0.2, -0.15) is 0 Å². The number of benzene rings is 1. The van der Waals surface area contributed by atoms with Crippen LogP contribution in [0.25, 0.3) is 22.3 Å². The Bertz CT molecular complexity index is 3040. The van der Waals surface area contributed by atoms with Crippen LogP contribution in [0.3, 0.4) is 0 Å². The number of nitrogens with one attached hydrogen (secondary N) is 1. The second-order valence-electron chi connectivity index (χ2n) is 18.0. The average Bonchev–Trinajstić information content (AvgIpc) is 4.15. The summed E-state index contributed by atoms with van der Waals surface area (Å²) in [5, 5.41) is 34.4. The summed E-state index contributed by atoms with van der Waals surface area (Å²) in [4.78, 5) is 78.8. The molecule has 1 aromatic carbocycles. The summed E-state index contributed by atoms with van der Waals surface area (Å²) < 4.78 is 51.7. The van der Waals surface area contributed by atoms with Gasteiger partial charge in [-0.25, -0.2) is 39.5 Å². The fourth-order valence-electron chi connectivity index (χ4n) is 8.95. The summed E-state index contributed by atoms with van der Waals surface area (Å²) in [6.45, 7) is 0.164. The minimum atomic E-state index is -3.19. The van der Waals surface area contributed by atoms with Crippen molar-refractivity contribution in [3.63, 3.8) is 0 Å². The molecular formula is C44H55N11O17P4. The molecule has 4 aromatic heterocycles. The van der Waals surface area contributed by atoms with Gasteiger partial charge in [0.05, 0.1) is 30.8 Å². The lowest BCUT2D eigenvalue weighted by atomic mass is 10.0. The molecular weight excluding hydrogens is 1080 g/mol. The van der Waals surface area contributed by atoms with E-state index in [1.54, 1.807) is 4.57 Å². The Morgan fingerprint density at radius 3 is 1.83 bits per heavy atom.